The molecule has 1 aromatic carbocycles. The molecule has 0 radical (unpaired) electrons. The third-order valence-corrected chi connectivity index (χ3v) is 5.58. The van der Waals surface area contributed by atoms with Crippen LogP contribution in [0.15, 0.2) is 28.7 Å². The molecule has 34 heavy (non-hydrogen) atoms. The monoisotopic (exact) mass is 487 g/mol. The van der Waals surface area contributed by atoms with Crippen LogP contribution in [0.25, 0.3) is 0 Å². The Kier molecular flexibility index (Phi) is 10.9. The molecule has 4 rings (SSSR count). The third kappa shape index (κ3) is 6.96. The molecule has 1 saturated heterocycles. The molecule has 0 bridgehead atoms. The molecular formula is C25H37N5O3S. The van der Waals surface area contributed by atoms with Crippen LogP contribution in [0.3, 0.4) is 0 Å². The fourth-order valence-corrected chi connectivity index (χ4v) is 3.82. The van der Waals surface area contributed by atoms with Gasteiger partial charge in [0.25, 0.3) is 5.91 Å². The van der Waals surface area contributed by atoms with E-state index in [1.165, 1.54) is 6.42 Å². The van der Waals surface area contributed by atoms with Crippen molar-refractivity contribution < 1.29 is 14.3 Å². The van der Waals surface area contributed by atoms with Gasteiger partial charge in [-0.15, -0.1) is 0 Å². The number of phenolic OH excluding ortho intramolecular Hbond substituents is 1. The number of aromatic hydroxyl groups is 1. The number of furan rings is 1. The minimum Gasteiger partial charge on any atom is -0.505 e. The molecule has 9 heteroatoms. The predicted molar refractivity (Wildman–Crippen MR) is 139 cm³/mol. The van der Waals surface area contributed by atoms with Gasteiger partial charge in [0.1, 0.15) is 11.5 Å². The van der Waals surface area contributed by atoms with E-state index in [0.29, 0.717) is 23.9 Å². The Bertz CT molecular complexity index is 1020. The van der Waals surface area contributed by atoms with Gasteiger partial charge in [0, 0.05) is 13.1 Å². The van der Waals surface area contributed by atoms with E-state index in [1.807, 2.05) is 33.8 Å². The highest BCUT2D eigenvalue weighted by atomic mass is 32.1. The molecule has 0 atom stereocenters. The Morgan fingerprint density at radius 3 is 2.41 bits per heavy atom. The molecule has 1 amide bonds. The molecule has 0 aliphatic carbocycles. The van der Waals surface area contributed by atoms with E-state index in [0.717, 1.165) is 54.7 Å². The summed E-state index contributed by atoms with van der Waals surface area (Å²) in [6.45, 7) is 14.1. The van der Waals surface area contributed by atoms with Gasteiger partial charge in [-0.1, -0.05) is 40.2 Å². The summed E-state index contributed by atoms with van der Waals surface area (Å²) < 4.78 is 14.2. The average molecular weight is 488 g/mol. The quantitative estimate of drug-likeness (QED) is 0.341. The van der Waals surface area contributed by atoms with Crippen molar-refractivity contribution in [2.45, 2.75) is 67.3 Å². The highest BCUT2D eigenvalue weighted by molar-refractivity contribution is 6.99. The number of carbonyl (C=O) groups is 1. The fourth-order valence-electron chi connectivity index (χ4n) is 3.33. The number of para-hydroxylation sites is 1. The number of anilines is 3. The summed E-state index contributed by atoms with van der Waals surface area (Å²) in [4.78, 5) is 14.4. The maximum absolute atomic E-state index is 12.7. The van der Waals surface area contributed by atoms with Crippen molar-refractivity contribution in [3.05, 3.63) is 46.9 Å². The van der Waals surface area contributed by atoms with E-state index in [9.17, 15) is 9.90 Å². The minimum atomic E-state index is -0.151. The molecule has 0 spiro atoms. The first-order valence-corrected chi connectivity index (χ1v) is 12.7. The number of amides is 1. The van der Waals surface area contributed by atoms with Gasteiger partial charge in [-0.25, -0.2) is 0 Å². The van der Waals surface area contributed by atoms with Gasteiger partial charge in [-0.05, 0) is 50.5 Å². The number of hydrogen-bond donors (Lipinski definition) is 3. The van der Waals surface area contributed by atoms with Gasteiger partial charge < -0.3 is 25.1 Å². The van der Waals surface area contributed by atoms with Gasteiger partial charge >= 0.3 is 0 Å². The number of likely N-dealkylation sites (tertiary alicyclic amines) is 1. The van der Waals surface area contributed by atoms with Crippen molar-refractivity contribution in [2.24, 2.45) is 0 Å². The van der Waals surface area contributed by atoms with E-state index < -0.39 is 0 Å². The maximum Gasteiger partial charge on any atom is 0.257 e. The fraction of sp³-hybridized carbons (Fsp3) is 0.480. The van der Waals surface area contributed by atoms with Gasteiger partial charge in [0.15, 0.2) is 17.4 Å². The SMILES string of the molecule is CC.CCC.Cc1cc(CNc2nsnc2Nc2cccc(C(=O)N3CCCC3)c2O)oc1C. The molecule has 1 aliphatic rings. The predicted octanol–water partition coefficient (Wildman–Crippen LogP) is 6.49. The number of phenols is 1. The Balaban J connectivity index is 0.000000758. The zero-order valence-electron chi connectivity index (χ0n) is 21.1. The number of rotatable bonds is 6. The number of nitrogens with one attached hydrogen (secondary N) is 2. The zero-order chi connectivity index (χ0) is 25.1. The zero-order valence-corrected chi connectivity index (χ0v) is 21.9. The molecule has 1 aliphatic heterocycles. The lowest BCUT2D eigenvalue weighted by Crippen LogP contribution is -2.27. The summed E-state index contributed by atoms with van der Waals surface area (Å²) in [6.07, 6.45) is 3.25. The molecule has 0 unspecified atom stereocenters. The summed E-state index contributed by atoms with van der Waals surface area (Å²) in [5.74, 6) is 2.50. The molecule has 186 valence electrons. The van der Waals surface area contributed by atoms with E-state index in [1.54, 1.807) is 23.1 Å². The molecule has 3 N–H and O–H groups in total. The summed E-state index contributed by atoms with van der Waals surface area (Å²) >= 11 is 1.05. The largest absolute Gasteiger partial charge is 0.505 e. The number of nitrogens with zero attached hydrogens (tertiary/aromatic N) is 3. The Morgan fingerprint density at radius 2 is 1.79 bits per heavy atom. The first-order valence-electron chi connectivity index (χ1n) is 11.9. The van der Waals surface area contributed by atoms with Crippen molar-refractivity contribution in [3.8, 4) is 5.75 Å². The highest BCUT2D eigenvalue weighted by Crippen LogP contribution is 2.33. The topological polar surface area (TPSA) is 104 Å². The van der Waals surface area contributed by atoms with Crippen molar-refractivity contribution in [3.63, 3.8) is 0 Å². The Morgan fingerprint density at radius 1 is 1.15 bits per heavy atom. The average Bonchev–Trinajstić information content (AvgIpc) is 3.58. The lowest BCUT2D eigenvalue weighted by molar-refractivity contribution is 0.0790. The Labute approximate surface area is 206 Å². The first kappa shape index (κ1) is 27.2. The van der Waals surface area contributed by atoms with Crippen LogP contribution in [-0.2, 0) is 6.54 Å². The van der Waals surface area contributed by atoms with Crippen LogP contribution in [0.1, 0.15) is 74.4 Å². The molecule has 2 aromatic heterocycles. The normalized spacial score (nSPS) is 12.4. The van der Waals surface area contributed by atoms with Crippen molar-refractivity contribution >= 4 is 35.0 Å². The van der Waals surface area contributed by atoms with Crippen molar-refractivity contribution in [1.29, 1.82) is 0 Å². The van der Waals surface area contributed by atoms with Crippen LogP contribution in [0.5, 0.6) is 5.75 Å². The summed E-state index contributed by atoms with van der Waals surface area (Å²) in [6, 6.07) is 7.07. The van der Waals surface area contributed by atoms with E-state index in [2.05, 4.69) is 33.2 Å². The van der Waals surface area contributed by atoms with E-state index in [-0.39, 0.29) is 17.2 Å². The summed E-state index contributed by atoms with van der Waals surface area (Å²) in [7, 11) is 0. The lowest BCUT2D eigenvalue weighted by Gasteiger charge is -2.17. The van der Waals surface area contributed by atoms with Gasteiger partial charge in [0.05, 0.1) is 29.5 Å². The minimum absolute atomic E-state index is 0.0827. The standard InChI is InChI=1S/C20H23N5O3S.C3H8.C2H6/c1-12-10-14(28-13(12)2)11-21-18-19(24-29-23-18)22-16-7-5-6-15(17(16)26)20(27)25-8-3-4-9-25;1-3-2;1-2/h5-7,10,26H,3-4,8-9,11H2,1-2H3,(H,21,23)(H,22,24);3H2,1-2H3;1-2H3. The van der Waals surface area contributed by atoms with Gasteiger partial charge in [-0.2, -0.15) is 8.75 Å². The number of carbonyl (C=O) groups excluding carboxylic acids is 1. The van der Waals surface area contributed by atoms with Crippen LogP contribution in [0, 0.1) is 13.8 Å². The van der Waals surface area contributed by atoms with Crippen LogP contribution in [0.4, 0.5) is 17.3 Å². The van der Waals surface area contributed by atoms with E-state index >= 15 is 0 Å². The first-order chi connectivity index (χ1) is 16.4. The lowest BCUT2D eigenvalue weighted by atomic mass is 10.1. The van der Waals surface area contributed by atoms with Crippen molar-refractivity contribution in [2.75, 3.05) is 23.7 Å². The smallest absolute Gasteiger partial charge is 0.257 e. The second-order valence-corrected chi connectivity index (χ2v) is 8.33. The summed E-state index contributed by atoms with van der Waals surface area (Å²) in [5, 5.41) is 16.9. The van der Waals surface area contributed by atoms with Crippen LogP contribution in [-0.4, -0.2) is 37.8 Å². The number of benzene rings is 1. The number of aryl methyl sites for hydroxylation is 2. The molecular weight excluding hydrogens is 450 g/mol. The number of hydrogen-bond acceptors (Lipinski definition) is 8. The number of aromatic nitrogens is 2. The van der Waals surface area contributed by atoms with Gasteiger partial charge in [-0.3, -0.25) is 4.79 Å². The molecule has 1 fully saturated rings. The summed E-state index contributed by atoms with van der Waals surface area (Å²) in [5.41, 5.74) is 1.80. The van der Waals surface area contributed by atoms with Crippen LogP contribution >= 0.6 is 11.7 Å². The van der Waals surface area contributed by atoms with Crippen LogP contribution in [0.2, 0.25) is 0 Å². The molecule has 3 aromatic rings. The Hall–Kier alpha value is -3.07. The second kappa shape index (κ2) is 13.6. The molecule has 0 saturated carbocycles. The maximum atomic E-state index is 12.7. The van der Waals surface area contributed by atoms with E-state index in [4.69, 9.17) is 4.42 Å². The highest BCUT2D eigenvalue weighted by Gasteiger charge is 2.23. The molecule has 3 heterocycles. The van der Waals surface area contributed by atoms with Gasteiger partial charge in [0.2, 0.25) is 0 Å². The second-order valence-electron chi connectivity index (χ2n) is 7.80. The third-order valence-electron chi connectivity index (χ3n) is 5.05. The van der Waals surface area contributed by atoms with Crippen molar-refractivity contribution in [1.82, 2.24) is 13.6 Å². The molecule has 8 nitrogen and oxygen atoms in total. The van der Waals surface area contributed by atoms with Crippen LogP contribution < -0.4 is 10.6 Å².